The number of nitrogens with zero attached hydrogens (tertiary/aromatic N) is 3. The number of aromatic nitrogens is 1. The molecule has 0 unspecified atom stereocenters. The Morgan fingerprint density at radius 3 is 2.75 bits per heavy atom. The van der Waals surface area contributed by atoms with Gasteiger partial charge in [0.15, 0.2) is 9.84 Å². The van der Waals surface area contributed by atoms with Crippen LogP contribution in [0.25, 0.3) is 0 Å². The number of phenolic OH excluding ortho intramolecular Hbond substituents is 1. The third-order valence-electron chi connectivity index (χ3n) is 4.55. The third-order valence-corrected chi connectivity index (χ3v) is 6.06. The summed E-state index contributed by atoms with van der Waals surface area (Å²) in [4.78, 5) is 10.9. The topological polar surface area (TPSA) is 82.9 Å². The van der Waals surface area contributed by atoms with Crippen molar-refractivity contribution in [1.82, 2.24) is 4.98 Å². The maximum atomic E-state index is 11.5. The number of hydrogen-bond acceptors (Lipinski definition) is 6. The predicted molar refractivity (Wildman–Crippen MR) is 92.5 cm³/mol. The number of pyridine rings is 1. The van der Waals surface area contributed by atoms with Crippen LogP contribution in [-0.2, 0) is 16.4 Å². The van der Waals surface area contributed by atoms with Crippen molar-refractivity contribution in [2.24, 2.45) is 4.99 Å². The second-order valence-electron chi connectivity index (χ2n) is 6.27. The molecule has 0 radical (unpaired) electrons. The highest BCUT2D eigenvalue weighted by Gasteiger charge is 2.35. The average molecular weight is 343 g/mol. The van der Waals surface area contributed by atoms with Gasteiger partial charge in [-0.25, -0.2) is 13.4 Å². The van der Waals surface area contributed by atoms with Gasteiger partial charge in [0.05, 0.1) is 17.5 Å². The van der Waals surface area contributed by atoms with E-state index < -0.39 is 9.84 Å². The monoisotopic (exact) mass is 343 g/mol. The van der Waals surface area contributed by atoms with Crippen LogP contribution in [0.5, 0.6) is 5.75 Å². The Morgan fingerprint density at radius 1 is 1.21 bits per heavy atom. The SMILES string of the molecule is CS(=O)(=O)C1CN(c2cc(C3=NCc4ccc(O)cc43)ccn2)C1. The molecule has 1 aromatic heterocycles. The molecule has 6 nitrogen and oxygen atoms in total. The van der Waals surface area contributed by atoms with Gasteiger partial charge in [-0.1, -0.05) is 6.07 Å². The van der Waals surface area contributed by atoms with E-state index in [9.17, 15) is 13.5 Å². The van der Waals surface area contributed by atoms with E-state index in [0.717, 1.165) is 28.2 Å². The predicted octanol–water partition coefficient (Wildman–Crippen LogP) is 1.37. The molecule has 1 saturated heterocycles. The fraction of sp³-hybridized carbons (Fsp3) is 0.294. The van der Waals surface area contributed by atoms with Gasteiger partial charge in [-0.15, -0.1) is 0 Å². The molecule has 2 aromatic rings. The molecule has 0 bridgehead atoms. The minimum absolute atomic E-state index is 0.219. The molecule has 1 N–H and O–H groups in total. The van der Waals surface area contributed by atoms with Crippen LogP contribution in [0.4, 0.5) is 5.82 Å². The highest BCUT2D eigenvalue weighted by atomic mass is 32.2. The summed E-state index contributed by atoms with van der Waals surface area (Å²) in [5.74, 6) is 0.972. The van der Waals surface area contributed by atoms with Gasteiger partial charge in [0.2, 0.25) is 0 Å². The Labute approximate surface area is 140 Å². The van der Waals surface area contributed by atoms with Gasteiger partial charge in [-0.05, 0) is 29.8 Å². The van der Waals surface area contributed by atoms with Crippen LogP contribution in [0, 0.1) is 0 Å². The van der Waals surface area contributed by atoms with Crippen molar-refractivity contribution in [2.75, 3.05) is 24.2 Å². The molecule has 1 fully saturated rings. The number of hydrogen-bond donors (Lipinski definition) is 1. The van der Waals surface area contributed by atoms with E-state index in [0.29, 0.717) is 19.6 Å². The van der Waals surface area contributed by atoms with Crippen LogP contribution < -0.4 is 4.90 Å². The first-order valence-electron chi connectivity index (χ1n) is 7.69. The van der Waals surface area contributed by atoms with E-state index in [1.54, 1.807) is 18.3 Å². The third kappa shape index (κ3) is 2.54. The van der Waals surface area contributed by atoms with Crippen LogP contribution >= 0.6 is 0 Å². The summed E-state index contributed by atoms with van der Waals surface area (Å²) >= 11 is 0. The molecule has 0 spiro atoms. The van der Waals surface area contributed by atoms with Crippen molar-refractivity contribution < 1.29 is 13.5 Å². The lowest BCUT2D eigenvalue weighted by Gasteiger charge is -2.38. The van der Waals surface area contributed by atoms with E-state index in [1.807, 2.05) is 23.1 Å². The largest absolute Gasteiger partial charge is 0.508 e. The zero-order chi connectivity index (χ0) is 16.9. The lowest BCUT2D eigenvalue weighted by molar-refractivity contribution is 0.475. The highest BCUT2D eigenvalue weighted by molar-refractivity contribution is 7.91. The van der Waals surface area contributed by atoms with Gasteiger partial charge in [0.25, 0.3) is 0 Å². The quantitative estimate of drug-likeness (QED) is 0.910. The molecule has 7 heteroatoms. The van der Waals surface area contributed by atoms with Crippen LogP contribution in [0.3, 0.4) is 0 Å². The first-order valence-corrected chi connectivity index (χ1v) is 9.64. The standard InChI is InChI=1S/C17H17N3O3S/c1-24(22,23)14-9-20(10-14)16-6-11(4-5-18-16)17-15-7-13(21)3-2-12(15)8-19-17/h2-7,14,21H,8-10H2,1H3. The molecule has 0 saturated carbocycles. The fourth-order valence-electron chi connectivity index (χ4n) is 3.05. The molecule has 124 valence electrons. The lowest BCUT2D eigenvalue weighted by atomic mass is 10.0. The number of anilines is 1. The number of aromatic hydroxyl groups is 1. The molecule has 24 heavy (non-hydrogen) atoms. The van der Waals surface area contributed by atoms with Crippen LogP contribution in [0.15, 0.2) is 41.5 Å². The Morgan fingerprint density at radius 2 is 2.00 bits per heavy atom. The number of phenols is 1. The lowest BCUT2D eigenvalue weighted by Crippen LogP contribution is -2.54. The van der Waals surface area contributed by atoms with Gasteiger partial charge in [0, 0.05) is 36.7 Å². The van der Waals surface area contributed by atoms with Crippen molar-refractivity contribution >= 4 is 21.4 Å². The zero-order valence-electron chi connectivity index (χ0n) is 13.2. The summed E-state index contributed by atoms with van der Waals surface area (Å²) in [5.41, 5.74) is 3.78. The number of fused-ring (bicyclic) bond motifs is 1. The fourth-order valence-corrected chi connectivity index (χ4v) is 3.96. The average Bonchev–Trinajstić information content (AvgIpc) is 2.87. The Balaban J connectivity index is 1.61. The first-order chi connectivity index (χ1) is 11.4. The minimum atomic E-state index is -3.00. The zero-order valence-corrected chi connectivity index (χ0v) is 14.0. The van der Waals surface area contributed by atoms with Gasteiger partial charge in [-0.3, -0.25) is 4.99 Å². The molecule has 2 aliphatic rings. The Hall–Kier alpha value is -2.41. The van der Waals surface area contributed by atoms with Crippen molar-refractivity contribution in [3.63, 3.8) is 0 Å². The number of benzene rings is 1. The van der Waals surface area contributed by atoms with Gasteiger partial charge in [-0.2, -0.15) is 0 Å². The Kier molecular flexibility index (Phi) is 3.35. The van der Waals surface area contributed by atoms with E-state index in [-0.39, 0.29) is 11.0 Å². The molecule has 0 atom stereocenters. The van der Waals surface area contributed by atoms with E-state index in [4.69, 9.17) is 0 Å². The van der Waals surface area contributed by atoms with Crippen LogP contribution in [0.1, 0.15) is 16.7 Å². The normalized spacial score (nSPS) is 17.4. The summed E-state index contributed by atoms with van der Waals surface area (Å²) < 4.78 is 23.1. The first kappa shape index (κ1) is 15.1. The van der Waals surface area contributed by atoms with Crippen LogP contribution in [0.2, 0.25) is 0 Å². The smallest absolute Gasteiger partial charge is 0.153 e. The maximum Gasteiger partial charge on any atom is 0.153 e. The second-order valence-corrected chi connectivity index (χ2v) is 8.59. The van der Waals surface area contributed by atoms with Crippen molar-refractivity contribution in [2.45, 2.75) is 11.8 Å². The molecule has 2 aliphatic heterocycles. The summed E-state index contributed by atoms with van der Waals surface area (Å²) in [6, 6.07) is 9.09. The summed E-state index contributed by atoms with van der Waals surface area (Å²) in [6.45, 7) is 1.54. The second kappa shape index (κ2) is 5.31. The van der Waals surface area contributed by atoms with Gasteiger partial charge < -0.3 is 10.0 Å². The van der Waals surface area contributed by atoms with Gasteiger partial charge in [0.1, 0.15) is 11.6 Å². The van der Waals surface area contributed by atoms with E-state index in [2.05, 4.69) is 9.98 Å². The minimum Gasteiger partial charge on any atom is -0.508 e. The number of rotatable bonds is 3. The van der Waals surface area contributed by atoms with E-state index in [1.165, 1.54) is 6.26 Å². The molecule has 4 rings (SSSR count). The van der Waals surface area contributed by atoms with Gasteiger partial charge >= 0.3 is 0 Å². The molecule has 3 heterocycles. The van der Waals surface area contributed by atoms with Crippen molar-refractivity contribution in [3.05, 3.63) is 53.2 Å². The summed E-state index contributed by atoms with van der Waals surface area (Å²) in [7, 11) is -3.00. The molecular weight excluding hydrogens is 326 g/mol. The molecule has 0 amide bonds. The molecular formula is C17H17N3O3S. The van der Waals surface area contributed by atoms with Crippen molar-refractivity contribution in [1.29, 1.82) is 0 Å². The van der Waals surface area contributed by atoms with Crippen molar-refractivity contribution in [3.8, 4) is 5.75 Å². The molecule has 0 aliphatic carbocycles. The Bertz CT molecular complexity index is 947. The maximum absolute atomic E-state index is 11.5. The number of aliphatic imine (C=N–C) groups is 1. The number of sulfone groups is 1. The van der Waals surface area contributed by atoms with Crippen LogP contribution in [-0.4, -0.2) is 48.8 Å². The summed E-state index contributed by atoms with van der Waals surface area (Å²) in [6.07, 6.45) is 2.98. The molecule has 1 aromatic carbocycles. The highest BCUT2D eigenvalue weighted by Crippen LogP contribution is 2.29. The van der Waals surface area contributed by atoms with E-state index >= 15 is 0 Å². The summed E-state index contributed by atoms with van der Waals surface area (Å²) in [5, 5.41) is 9.41.